The number of aliphatic hydroxyl groups is 1. The van der Waals surface area contributed by atoms with Crippen LogP contribution in [0.3, 0.4) is 0 Å². The number of Topliss-reactive ketones (excluding diaryl/α,β-unsaturated/α-hetero) is 1. The van der Waals surface area contributed by atoms with Gasteiger partial charge in [-0.05, 0) is 48.7 Å². The van der Waals surface area contributed by atoms with Gasteiger partial charge in [-0.1, -0.05) is 48.9 Å². The molecule has 4 atom stereocenters. The lowest BCUT2D eigenvalue weighted by molar-refractivity contribution is -0.133. The molecule has 1 heterocycles. The Kier molecular flexibility index (Phi) is 9.98. The van der Waals surface area contributed by atoms with Crippen molar-refractivity contribution in [1.82, 2.24) is 0 Å². The molecule has 0 spiro atoms. The number of ketones is 1. The van der Waals surface area contributed by atoms with E-state index in [9.17, 15) is 14.7 Å². The molecular formula is C24H29ClO4S3. The third kappa shape index (κ3) is 7.00. The fourth-order valence-corrected chi connectivity index (χ4v) is 7.79. The van der Waals surface area contributed by atoms with Gasteiger partial charge in [-0.15, -0.1) is 23.1 Å². The Morgan fingerprint density at radius 2 is 2.12 bits per heavy atom. The molecule has 0 radical (unpaired) electrons. The van der Waals surface area contributed by atoms with Crippen LogP contribution in [-0.2, 0) is 16.0 Å². The maximum atomic E-state index is 12.5. The summed E-state index contributed by atoms with van der Waals surface area (Å²) in [5, 5.41) is 21.0. The molecule has 1 aromatic heterocycles. The molecule has 1 aliphatic rings. The molecule has 0 bridgehead atoms. The highest BCUT2D eigenvalue weighted by Crippen LogP contribution is 2.39. The van der Waals surface area contributed by atoms with Gasteiger partial charge in [0.05, 0.1) is 22.1 Å². The number of aliphatic carboxylic acids is 1. The second-order valence-electron chi connectivity index (χ2n) is 8.14. The first-order valence-corrected chi connectivity index (χ1v) is 14.2. The van der Waals surface area contributed by atoms with Gasteiger partial charge in [0.15, 0.2) is 0 Å². The summed E-state index contributed by atoms with van der Waals surface area (Å²) in [5.74, 6) is 1.63. The fourth-order valence-electron chi connectivity index (χ4n) is 3.97. The minimum Gasteiger partial charge on any atom is -0.481 e. The number of benzene rings is 1. The van der Waals surface area contributed by atoms with Crippen molar-refractivity contribution in [2.45, 2.75) is 44.0 Å². The van der Waals surface area contributed by atoms with Gasteiger partial charge in [-0.25, -0.2) is 0 Å². The topological polar surface area (TPSA) is 74.6 Å². The molecule has 32 heavy (non-hydrogen) atoms. The fraction of sp³-hybridized carbons (Fsp3) is 0.500. The Morgan fingerprint density at radius 3 is 2.88 bits per heavy atom. The molecule has 3 rings (SSSR count). The smallest absolute Gasteiger partial charge is 0.313 e. The van der Waals surface area contributed by atoms with Gasteiger partial charge in [0.2, 0.25) is 0 Å². The summed E-state index contributed by atoms with van der Waals surface area (Å²) in [6, 6.07) is 8.07. The number of thioether (sulfide) groups is 2. The van der Waals surface area contributed by atoms with Crippen molar-refractivity contribution >= 4 is 68.3 Å². The van der Waals surface area contributed by atoms with E-state index in [1.54, 1.807) is 23.1 Å². The van der Waals surface area contributed by atoms with Crippen molar-refractivity contribution in [2.24, 2.45) is 11.8 Å². The molecule has 4 nitrogen and oxygen atoms in total. The van der Waals surface area contributed by atoms with Gasteiger partial charge in [0.1, 0.15) is 5.78 Å². The van der Waals surface area contributed by atoms with Crippen LogP contribution in [0, 0.1) is 11.8 Å². The van der Waals surface area contributed by atoms with Crippen molar-refractivity contribution in [3.8, 4) is 0 Å². The van der Waals surface area contributed by atoms with E-state index < -0.39 is 12.1 Å². The van der Waals surface area contributed by atoms with Crippen LogP contribution in [0.2, 0.25) is 5.02 Å². The predicted molar refractivity (Wildman–Crippen MR) is 138 cm³/mol. The van der Waals surface area contributed by atoms with E-state index in [0.29, 0.717) is 12.8 Å². The summed E-state index contributed by atoms with van der Waals surface area (Å²) in [4.78, 5) is 24.1. The number of carboxylic acids is 1. The highest BCUT2D eigenvalue weighted by Gasteiger charge is 2.38. The summed E-state index contributed by atoms with van der Waals surface area (Å²) in [6.45, 7) is 2.10. The highest BCUT2D eigenvalue weighted by molar-refractivity contribution is 8.01. The molecule has 174 valence electrons. The maximum Gasteiger partial charge on any atom is 0.313 e. The van der Waals surface area contributed by atoms with E-state index >= 15 is 0 Å². The van der Waals surface area contributed by atoms with Crippen molar-refractivity contribution in [3.63, 3.8) is 0 Å². The SMILES string of the molecule is C[C@@H]1CC(=O)C(SCCCSCC(=O)O)C1C=CC(O)CCc1sc2ccccc2c1Cl. The first kappa shape index (κ1) is 25.6. The molecule has 0 aliphatic heterocycles. The zero-order valence-corrected chi connectivity index (χ0v) is 21.2. The molecule has 2 aromatic rings. The molecule has 3 unspecified atom stereocenters. The first-order chi connectivity index (χ1) is 15.4. The number of rotatable bonds is 12. The lowest BCUT2D eigenvalue weighted by atomic mass is 9.96. The molecule has 1 saturated carbocycles. The van der Waals surface area contributed by atoms with Gasteiger partial charge < -0.3 is 10.2 Å². The molecule has 2 N–H and O–H groups in total. The van der Waals surface area contributed by atoms with Crippen LogP contribution >= 0.6 is 46.5 Å². The molecule has 0 amide bonds. The number of fused-ring (bicyclic) bond motifs is 1. The lowest BCUT2D eigenvalue weighted by Gasteiger charge is -2.18. The summed E-state index contributed by atoms with van der Waals surface area (Å²) in [7, 11) is 0. The number of thiophene rings is 1. The van der Waals surface area contributed by atoms with Crippen molar-refractivity contribution < 1.29 is 19.8 Å². The molecule has 0 saturated heterocycles. The van der Waals surface area contributed by atoms with E-state index in [1.807, 2.05) is 30.4 Å². The third-order valence-corrected chi connectivity index (χ3v) is 9.89. The van der Waals surface area contributed by atoms with E-state index in [1.165, 1.54) is 11.8 Å². The zero-order chi connectivity index (χ0) is 23.1. The van der Waals surface area contributed by atoms with E-state index in [-0.39, 0.29) is 28.6 Å². The van der Waals surface area contributed by atoms with Gasteiger partial charge >= 0.3 is 5.97 Å². The Bertz CT molecular complexity index is 958. The zero-order valence-electron chi connectivity index (χ0n) is 18.0. The average Bonchev–Trinajstić information content (AvgIpc) is 3.22. The Balaban J connectivity index is 1.49. The largest absolute Gasteiger partial charge is 0.481 e. The van der Waals surface area contributed by atoms with Crippen LogP contribution < -0.4 is 0 Å². The minimum absolute atomic E-state index is 0.0741. The normalized spacial score (nSPS) is 22.2. The van der Waals surface area contributed by atoms with Crippen LogP contribution in [0.25, 0.3) is 10.1 Å². The number of aliphatic hydroxyl groups excluding tert-OH is 1. The number of hydrogen-bond donors (Lipinski definition) is 2. The summed E-state index contributed by atoms with van der Waals surface area (Å²) in [6.07, 6.45) is 6.08. The summed E-state index contributed by atoms with van der Waals surface area (Å²) in [5.41, 5.74) is 0. The van der Waals surface area contributed by atoms with Crippen LogP contribution in [-0.4, -0.2) is 50.6 Å². The number of hydrogen-bond acceptors (Lipinski definition) is 6. The second kappa shape index (κ2) is 12.5. The van der Waals surface area contributed by atoms with E-state index in [2.05, 4.69) is 13.0 Å². The van der Waals surface area contributed by atoms with Crippen LogP contribution in [0.1, 0.15) is 31.1 Å². The molecule has 1 aromatic carbocycles. The van der Waals surface area contributed by atoms with Crippen molar-refractivity contribution in [1.29, 1.82) is 0 Å². The third-order valence-electron chi connectivity index (χ3n) is 5.63. The lowest BCUT2D eigenvalue weighted by Crippen LogP contribution is -2.19. The van der Waals surface area contributed by atoms with Crippen molar-refractivity contribution in [3.05, 3.63) is 46.3 Å². The van der Waals surface area contributed by atoms with E-state index in [4.69, 9.17) is 16.7 Å². The molecule has 1 fully saturated rings. The second-order valence-corrected chi connectivity index (χ2v) is 12.0. The number of carboxylic acid groups (broad SMARTS) is 1. The minimum atomic E-state index is -0.791. The predicted octanol–water partition coefficient (Wildman–Crippen LogP) is 5.94. The summed E-state index contributed by atoms with van der Waals surface area (Å²) < 4.78 is 1.16. The first-order valence-electron chi connectivity index (χ1n) is 10.8. The average molecular weight is 513 g/mol. The maximum absolute atomic E-state index is 12.5. The number of aryl methyl sites for hydroxylation is 1. The molecule has 1 aliphatic carbocycles. The summed E-state index contributed by atoms with van der Waals surface area (Å²) >= 11 is 11.3. The van der Waals surface area contributed by atoms with Crippen LogP contribution in [0.4, 0.5) is 0 Å². The van der Waals surface area contributed by atoms with Gasteiger partial charge in [-0.2, -0.15) is 11.8 Å². The number of allylic oxidation sites excluding steroid dienone is 1. The Hall–Kier alpha value is -0.990. The number of carbonyl (C=O) groups excluding carboxylic acids is 1. The highest BCUT2D eigenvalue weighted by atomic mass is 35.5. The van der Waals surface area contributed by atoms with Crippen LogP contribution in [0.15, 0.2) is 36.4 Å². The number of halogens is 1. The molecular weight excluding hydrogens is 484 g/mol. The quantitative estimate of drug-likeness (QED) is 0.271. The van der Waals surface area contributed by atoms with Crippen molar-refractivity contribution in [2.75, 3.05) is 17.3 Å². The van der Waals surface area contributed by atoms with Gasteiger partial charge in [0.25, 0.3) is 0 Å². The van der Waals surface area contributed by atoms with E-state index in [0.717, 1.165) is 44.3 Å². The molecule has 8 heteroatoms. The Morgan fingerprint density at radius 1 is 1.34 bits per heavy atom. The Labute approximate surface area is 206 Å². The monoisotopic (exact) mass is 512 g/mol. The standard InChI is InChI=1S/C24H29ClO4S3/c1-15-13-19(27)24(31-12-4-11-30-14-22(28)29)17(15)9-7-16(26)8-10-21-23(25)18-5-2-3-6-20(18)32-21/h2-3,5-7,9,15-17,24,26H,4,8,10-14H2,1H3,(H,28,29)/t15-,16?,17?,24?/m1/s1. The van der Waals surface area contributed by atoms with Gasteiger partial charge in [0, 0.05) is 21.4 Å². The number of carbonyl (C=O) groups is 2. The van der Waals surface area contributed by atoms with Gasteiger partial charge in [-0.3, -0.25) is 9.59 Å². The van der Waals surface area contributed by atoms with Crippen LogP contribution in [0.5, 0.6) is 0 Å².